The number of rotatable bonds is 4. The number of hydrogen-bond donors (Lipinski definition) is 2. The fourth-order valence-electron chi connectivity index (χ4n) is 2.66. The molecule has 1 aromatic carbocycles. The van der Waals surface area contributed by atoms with Crippen molar-refractivity contribution in [3.63, 3.8) is 0 Å². The number of amides is 1. The van der Waals surface area contributed by atoms with Gasteiger partial charge in [0.25, 0.3) is 5.91 Å². The van der Waals surface area contributed by atoms with Gasteiger partial charge in [0.2, 0.25) is 16.0 Å². The summed E-state index contributed by atoms with van der Waals surface area (Å²) >= 11 is 6.15. The molecule has 1 aliphatic heterocycles. The molecule has 26 heavy (non-hydrogen) atoms. The zero-order valence-electron chi connectivity index (χ0n) is 14.2. The third kappa shape index (κ3) is 3.95. The number of primary sulfonamides is 1. The van der Waals surface area contributed by atoms with Crippen LogP contribution in [0.25, 0.3) is 0 Å². The number of sulfonamides is 1. The molecule has 1 fully saturated rings. The molecule has 10 heteroatoms. The van der Waals surface area contributed by atoms with Gasteiger partial charge in [0.15, 0.2) is 0 Å². The zero-order valence-corrected chi connectivity index (χ0v) is 15.8. The maximum Gasteiger partial charge on any atom is 0.255 e. The summed E-state index contributed by atoms with van der Waals surface area (Å²) in [7, 11) is -3.64. The molecule has 0 atom stereocenters. The van der Waals surface area contributed by atoms with Crippen molar-refractivity contribution in [1.82, 2.24) is 14.9 Å². The van der Waals surface area contributed by atoms with E-state index >= 15 is 0 Å². The number of nitrogens with one attached hydrogen (secondary N) is 1. The van der Waals surface area contributed by atoms with Crippen LogP contribution >= 0.6 is 11.6 Å². The Morgan fingerprint density at radius 3 is 2.42 bits per heavy atom. The summed E-state index contributed by atoms with van der Waals surface area (Å²) in [4.78, 5) is 22.6. The van der Waals surface area contributed by atoms with E-state index in [0.717, 1.165) is 11.4 Å². The number of carbonyl (C=O) groups excluding carboxylic acids is 1. The van der Waals surface area contributed by atoms with Crippen molar-refractivity contribution in [2.45, 2.75) is 19.1 Å². The van der Waals surface area contributed by atoms with E-state index in [1.165, 1.54) is 4.90 Å². The second-order valence-corrected chi connectivity index (χ2v) is 8.47. The SMILES string of the molecule is Cc1cc(C)nc(Nc2ccc(Cl)c(C(=O)N3CC(S(N)(=O)=O)C3)c2)n1. The van der Waals surface area contributed by atoms with Gasteiger partial charge in [-0.1, -0.05) is 11.6 Å². The third-order valence-corrected chi connectivity index (χ3v) is 5.59. The first kappa shape index (κ1) is 18.6. The first-order valence-electron chi connectivity index (χ1n) is 7.83. The predicted molar refractivity (Wildman–Crippen MR) is 99.0 cm³/mol. The fraction of sp³-hybridized carbons (Fsp3) is 0.312. The fourth-order valence-corrected chi connectivity index (χ4v) is 3.63. The Bertz CT molecular complexity index is 954. The number of likely N-dealkylation sites (tertiary alicyclic amines) is 1. The highest BCUT2D eigenvalue weighted by Crippen LogP contribution is 2.26. The molecule has 2 heterocycles. The van der Waals surface area contributed by atoms with E-state index in [4.69, 9.17) is 16.7 Å². The number of anilines is 2. The minimum Gasteiger partial charge on any atom is -0.336 e. The molecular weight excluding hydrogens is 378 g/mol. The Hall–Kier alpha value is -2.23. The molecule has 3 rings (SSSR count). The zero-order chi connectivity index (χ0) is 19.1. The van der Waals surface area contributed by atoms with E-state index in [2.05, 4.69) is 15.3 Å². The van der Waals surface area contributed by atoms with Crippen LogP contribution in [-0.4, -0.2) is 47.5 Å². The van der Waals surface area contributed by atoms with Gasteiger partial charge in [0.05, 0.1) is 10.6 Å². The Balaban J connectivity index is 1.79. The van der Waals surface area contributed by atoms with Crippen LogP contribution in [0, 0.1) is 13.8 Å². The minimum atomic E-state index is -3.64. The van der Waals surface area contributed by atoms with Crippen LogP contribution in [0.4, 0.5) is 11.6 Å². The molecule has 138 valence electrons. The van der Waals surface area contributed by atoms with Gasteiger partial charge < -0.3 is 10.2 Å². The smallest absolute Gasteiger partial charge is 0.255 e. The quantitative estimate of drug-likeness (QED) is 0.811. The molecule has 0 unspecified atom stereocenters. The van der Waals surface area contributed by atoms with Crippen molar-refractivity contribution < 1.29 is 13.2 Å². The number of benzene rings is 1. The highest BCUT2D eigenvalue weighted by Gasteiger charge is 2.38. The standard InChI is InChI=1S/C16H18ClN5O3S/c1-9-5-10(2)20-16(19-9)21-11-3-4-14(17)13(6-11)15(23)22-7-12(8-22)26(18,24)25/h3-6,12H,7-8H2,1-2H3,(H2,18,24,25)(H,19,20,21). The van der Waals surface area contributed by atoms with Gasteiger partial charge in [0.1, 0.15) is 5.25 Å². The normalized spacial score (nSPS) is 14.8. The van der Waals surface area contributed by atoms with Crippen LogP contribution in [0.5, 0.6) is 0 Å². The summed E-state index contributed by atoms with van der Waals surface area (Å²) in [5.41, 5.74) is 2.51. The maximum atomic E-state index is 12.6. The number of nitrogens with zero attached hydrogens (tertiary/aromatic N) is 3. The summed E-state index contributed by atoms with van der Waals surface area (Å²) in [6.07, 6.45) is 0. The first-order valence-corrected chi connectivity index (χ1v) is 9.82. The molecular formula is C16H18ClN5O3S. The number of aromatic nitrogens is 2. The highest BCUT2D eigenvalue weighted by atomic mass is 35.5. The average molecular weight is 396 g/mol. The summed E-state index contributed by atoms with van der Waals surface area (Å²) in [6, 6.07) is 6.75. The lowest BCUT2D eigenvalue weighted by molar-refractivity contribution is 0.0659. The molecule has 8 nitrogen and oxygen atoms in total. The number of hydrogen-bond acceptors (Lipinski definition) is 6. The van der Waals surface area contributed by atoms with Gasteiger partial charge >= 0.3 is 0 Å². The van der Waals surface area contributed by atoms with Crippen LogP contribution in [0.2, 0.25) is 5.02 Å². The molecule has 1 aromatic heterocycles. The summed E-state index contributed by atoms with van der Waals surface area (Å²) < 4.78 is 22.6. The predicted octanol–water partition coefficient (Wildman–Crippen LogP) is 1.60. The summed E-state index contributed by atoms with van der Waals surface area (Å²) in [5.74, 6) is 0.0707. The molecule has 1 aliphatic rings. The summed E-state index contributed by atoms with van der Waals surface area (Å²) in [6.45, 7) is 3.85. The topological polar surface area (TPSA) is 118 Å². The Kier molecular flexibility index (Phi) is 4.87. The molecule has 1 amide bonds. The third-order valence-electron chi connectivity index (χ3n) is 4.04. The lowest BCUT2D eigenvalue weighted by atomic mass is 10.1. The van der Waals surface area contributed by atoms with E-state index in [1.807, 2.05) is 19.9 Å². The lowest BCUT2D eigenvalue weighted by Crippen LogP contribution is -2.58. The largest absolute Gasteiger partial charge is 0.336 e. The molecule has 0 bridgehead atoms. The van der Waals surface area contributed by atoms with Gasteiger partial charge in [0, 0.05) is 30.2 Å². The number of halogens is 1. The molecule has 0 radical (unpaired) electrons. The van der Waals surface area contributed by atoms with Gasteiger partial charge in [-0.15, -0.1) is 0 Å². The average Bonchev–Trinajstić information content (AvgIpc) is 2.45. The molecule has 1 saturated heterocycles. The van der Waals surface area contributed by atoms with Crippen molar-refractivity contribution >= 4 is 39.2 Å². The number of aryl methyl sites for hydroxylation is 2. The van der Waals surface area contributed by atoms with Crippen LogP contribution in [0.3, 0.4) is 0 Å². The van der Waals surface area contributed by atoms with Crippen LogP contribution in [-0.2, 0) is 10.0 Å². The van der Waals surface area contributed by atoms with Crippen LogP contribution < -0.4 is 10.5 Å². The van der Waals surface area contributed by atoms with E-state index in [1.54, 1.807) is 18.2 Å². The minimum absolute atomic E-state index is 0.0613. The molecule has 3 N–H and O–H groups in total. The van der Waals surface area contributed by atoms with Gasteiger partial charge in [-0.25, -0.2) is 23.5 Å². The molecule has 0 aliphatic carbocycles. The number of nitrogens with two attached hydrogens (primary N) is 1. The molecule has 0 saturated carbocycles. The number of carbonyl (C=O) groups is 1. The van der Waals surface area contributed by atoms with E-state index in [0.29, 0.717) is 11.6 Å². The van der Waals surface area contributed by atoms with Crippen molar-refractivity contribution in [3.8, 4) is 0 Å². The second kappa shape index (κ2) is 6.82. The van der Waals surface area contributed by atoms with Gasteiger partial charge in [-0.3, -0.25) is 4.79 Å². The maximum absolute atomic E-state index is 12.6. The van der Waals surface area contributed by atoms with E-state index < -0.39 is 15.3 Å². The van der Waals surface area contributed by atoms with Crippen molar-refractivity contribution in [3.05, 3.63) is 46.2 Å². The lowest BCUT2D eigenvalue weighted by Gasteiger charge is -2.37. The Labute approximate surface area is 156 Å². The summed E-state index contributed by atoms with van der Waals surface area (Å²) in [5, 5.41) is 7.69. The first-order chi connectivity index (χ1) is 12.1. The Morgan fingerprint density at radius 2 is 1.85 bits per heavy atom. The van der Waals surface area contributed by atoms with E-state index in [9.17, 15) is 13.2 Å². The van der Waals surface area contributed by atoms with Crippen LogP contribution in [0.15, 0.2) is 24.3 Å². The monoisotopic (exact) mass is 395 g/mol. The van der Waals surface area contributed by atoms with Gasteiger partial charge in [-0.2, -0.15) is 0 Å². The molecule has 2 aromatic rings. The van der Waals surface area contributed by atoms with Crippen molar-refractivity contribution in [1.29, 1.82) is 0 Å². The highest BCUT2D eigenvalue weighted by molar-refractivity contribution is 7.89. The Morgan fingerprint density at radius 1 is 1.23 bits per heavy atom. The van der Waals surface area contributed by atoms with Crippen LogP contribution in [0.1, 0.15) is 21.7 Å². The second-order valence-electron chi connectivity index (χ2n) is 6.22. The van der Waals surface area contributed by atoms with Crippen molar-refractivity contribution in [2.24, 2.45) is 5.14 Å². The van der Waals surface area contributed by atoms with E-state index in [-0.39, 0.29) is 29.6 Å². The van der Waals surface area contributed by atoms with Gasteiger partial charge in [-0.05, 0) is 38.1 Å². The van der Waals surface area contributed by atoms with Crippen molar-refractivity contribution in [2.75, 3.05) is 18.4 Å². The molecule has 0 spiro atoms.